The fourth-order valence-corrected chi connectivity index (χ4v) is 2.33. The smallest absolute Gasteiger partial charge is 0.152 e. The third-order valence-electron chi connectivity index (χ3n) is 3.72. The maximum Gasteiger partial charge on any atom is 0.152 e. The summed E-state index contributed by atoms with van der Waals surface area (Å²) in [5.41, 5.74) is 3.56. The van der Waals surface area contributed by atoms with E-state index in [2.05, 4.69) is 15.3 Å². The van der Waals surface area contributed by atoms with Crippen LogP contribution in [0.1, 0.15) is 24.0 Å². The highest BCUT2D eigenvalue weighted by molar-refractivity contribution is 5.73. The molecule has 104 valence electrons. The number of phenolic OH excluding ortho intramolecular Hbond substituents is 1. The molecular formula is C16H19N3O. The standard InChI is InChI=1S/C16H19N3O/c1-10-7-13(8-11(2)15(10)20)14-16(18-6-5-17-14)19-9-12-3-4-12/h5-8,12,20H,3-4,9H2,1-2H3,(H,18,19). The number of benzene rings is 1. The molecule has 0 unspecified atom stereocenters. The average Bonchev–Trinajstić information content (AvgIpc) is 3.26. The Kier molecular flexibility index (Phi) is 3.30. The molecule has 4 nitrogen and oxygen atoms in total. The maximum absolute atomic E-state index is 9.88. The van der Waals surface area contributed by atoms with E-state index >= 15 is 0 Å². The van der Waals surface area contributed by atoms with Crippen molar-refractivity contribution in [2.45, 2.75) is 26.7 Å². The van der Waals surface area contributed by atoms with Crippen LogP contribution >= 0.6 is 0 Å². The molecule has 1 aliphatic carbocycles. The van der Waals surface area contributed by atoms with Gasteiger partial charge in [0.05, 0.1) is 0 Å². The number of nitrogens with one attached hydrogen (secondary N) is 1. The van der Waals surface area contributed by atoms with Gasteiger partial charge in [0.25, 0.3) is 0 Å². The van der Waals surface area contributed by atoms with E-state index in [0.717, 1.165) is 40.7 Å². The molecule has 1 heterocycles. The van der Waals surface area contributed by atoms with Gasteiger partial charge in [0.1, 0.15) is 11.4 Å². The first-order valence-corrected chi connectivity index (χ1v) is 7.00. The van der Waals surface area contributed by atoms with Gasteiger partial charge in [-0.25, -0.2) is 4.98 Å². The molecule has 0 amide bonds. The van der Waals surface area contributed by atoms with Crippen molar-refractivity contribution < 1.29 is 5.11 Å². The van der Waals surface area contributed by atoms with Crippen molar-refractivity contribution in [1.29, 1.82) is 0 Å². The first-order chi connectivity index (χ1) is 9.65. The first-order valence-electron chi connectivity index (χ1n) is 7.00. The molecule has 2 aromatic rings. The third kappa shape index (κ3) is 2.59. The molecule has 1 aromatic carbocycles. The van der Waals surface area contributed by atoms with E-state index in [-0.39, 0.29) is 0 Å². The number of aromatic nitrogens is 2. The molecular weight excluding hydrogens is 250 g/mol. The van der Waals surface area contributed by atoms with Gasteiger partial charge in [-0.3, -0.25) is 4.98 Å². The molecule has 1 aromatic heterocycles. The summed E-state index contributed by atoms with van der Waals surface area (Å²) >= 11 is 0. The van der Waals surface area contributed by atoms with Gasteiger partial charge in [-0.2, -0.15) is 0 Å². The van der Waals surface area contributed by atoms with Crippen molar-refractivity contribution in [2.24, 2.45) is 5.92 Å². The number of aryl methyl sites for hydroxylation is 2. The van der Waals surface area contributed by atoms with Gasteiger partial charge >= 0.3 is 0 Å². The van der Waals surface area contributed by atoms with Gasteiger partial charge in [-0.05, 0) is 55.9 Å². The topological polar surface area (TPSA) is 58.0 Å². The molecule has 4 heteroatoms. The lowest BCUT2D eigenvalue weighted by atomic mass is 10.0. The Morgan fingerprint density at radius 2 is 1.80 bits per heavy atom. The zero-order valence-electron chi connectivity index (χ0n) is 11.8. The van der Waals surface area contributed by atoms with Crippen molar-refractivity contribution in [3.63, 3.8) is 0 Å². The second-order valence-electron chi connectivity index (χ2n) is 5.54. The molecule has 20 heavy (non-hydrogen) atoms. The van der Waals surface area contributed by atoms with Gasteiger partial charge in [-0.1, -0.05) is 0 Å². The van der Waals surface area contributed by atoms with Crippen LogP contribution in [0.2, 0.25) is 0 Å². The summed E-state index contributed by atoms with van der Waals surface area (Å²) in [6, 6.07) is 3.91. The SMILES string of the molecule is Cc1cc(-c2nccnc2NCC2CC2)cc(C)c1O. The molecule has 2 N–H and O–H groups in total. The van der Waals surface area contributed by atoms with Crippen LogP contribution in [-0.4, -0.2) is 21.6 Å². The molecule has 0 saturated heterocycles. The quantitative estimate of drug-likeness (QED) is 0.894. The van der Waals surface area contributed by atoms with E-state index in [1.807, 2.05) is 26.0 Å². The molecule has 0 spiro atoms. The van der Waals surface area contributed by atoms with Crippen LogP contribution < -0.4 is 5.32 Å². The Balaban J connectivity index is 1.96. The lowest BCUT2D eigenvalue weighted by Crippen LogP contribution is -2.07. The van der Waals surface area contributed by atoms with Crippen LogP contribution in [0.25, 0.3) is 11.3 Å². The van der Waals surface area contributed by atoms with E-state index in [1.165, 1.54) is 12.8 Å². The monoisotopic (exact) mass is 269 g/mol. The van der Waals surface area contributed by atoms with Crippen molar-refractivity contribution in [1.82, 2.24) is 9.97 Å². The Labute approximate surface area is 118 Å². The van der Waals surface area contributed by atoms with Gasteiger partial charge in [-0.15, -0.1) is 0 Å². The van der Waals surface area contributed by atoms with Crippen molar-refractivity contribution in [2.75, 3.05) is 11.9 Å². The number of nitrogens with zero attached hydrogens (tertiary/aromatic N) is 2. The molecule has 0 bridgehead atoms. The van der Waals surface area contributed by atoms with Crippen LogP contribution in [0.5, 0.6) is 5.75 Å². The highest BCUT2D eigenvalue weighted by Gasteiger charge is 2.21. The zero-order valence-corrected chi connectivity index (χ0v) is 11.8. The summed E-state index contributed by atoms with van der Waals surface area (Å²) in [6.45, 7) is 4.76. The zero-order chi connectivity index (χ0) is 14.1. The van der Waals surface area contributed by atoms with Crippen molar-refractivity contribution in [3.05, 3.63) is 35.7 Å². The molecule has 1 saturated carbocycles. The Morgan fingerprint density at radius 1 is 1.15 bits per heavy atom. The molecule has 3 rings (SSSR count). The Morgan fingerprint density at radius 3 is 2.45 bits per heavy atom. The van der Waals surface area contributed by atoms with Crippen LogP contribution in [0.15, 0.2) is 24.5 Å². The average molecular weight is 269 g/mol. The fraction of sp³-hybridized carbons (Fsp3) is 0.375. The number of phenols is 1. The lowest BCUT2D eigenvalue weighted by Gasteiger charge is -2.12. The number of aromatic hydroxyl groups is 1. The minimum Gasteiger partial charge on any atom is -0.507 e. The van der Waals surface area contributed by atoms with Gasteiger partial charge in [0.15, 0.2) is 5.82 Å². The highest BCUT2D eigenvalue weighted by Crippen LogP contribution is 2.32. The van der Waals surface area contributed by atoms with Crippen LogP contribution in [0.4, 0.5) is 5.82 Å². The molecule has 0 aliphatic heterocycles. The van der Waals surface area contributed by atoms with E-state index in [1.54, 1.807) is 12.4 Å². The van der Waals surface area contributed by atoms with Crippen LogP contribution in [-0.2, 0) is 0 Å². The first kappa shape index (κ1) is 12.9. The lowest BCUT2D eigenvalue weighted by molar-refractivity contribution is 0.467. The molecule has 1 aliphatic rings. The minimum atomic E-state index is 0.352. The van der Waals surface area contributed by atoms with E-state index < -0.39 is 0 Å². The van der Waals surface area contributed by atoms with Crippen LogP contribution in [0.3, 0.4) is 0 Å². The number of hydrogen-bond donors (Lipinski definition) is 2. The Bertz CT molecular complexity index is 612. The summed E-state index contributed by atoms with van der Waals surface area (Å²) in [5.74, 6) is 1.96. The fourth-order valence-electron chi connectivity index (χ4n) is 2.33. The molecule has 1 fully saturated rings. The summed E-state index contributed by atoms with van der Waals surface area (Å²) in [4.78, 5) is 8.85. The largest absolute Gasteiger partial charge is 0.507 e. The second-order valence-corrected chi connectivity index (χ2v) is 5.54. The second kappa shape index (κ2) is 5.12. The normalized spacial score (nSPS) is 14.3. The summed E-state index contributed by atoms with van der Waals surface area (Å²) < 4.78 is 0. The summed E-state index contributed by atoms with van der Waals surface area (Å²) in [7, 11) is 0. The number of anilines is 1. The van der Waals surface area contributed by atoms with E-state index in [0.29, 0.717) is 5.75 Å². The van der Waals surface area contributed by atoms with Crippen molar-refractivity contribution >= 4 is 5.82 Å². The van der Waals surface area contributed by atoms with Crippen molar-refractivity contribution in [3.8, 4) is 17.0 Å². The summed E-state index contributed by atoms with van der Waals surface area (Å²) in [6.07, 6.45) is 6.02. The minimum absolute atomic E-state index is 0.352. The van der Waals surface area contributed by atoms with E-state index in [9.17, 15) is 5.11 Å². The van der Waals surface area contributed by atoms with Gasteiger partial charge in [0.2, 0.25) is 0 Å². The Hall–Kier alpha value is -2.10. The predicted octanol–water partition coefficient (Wildman–Crippen LogP) is 3.29. The van der Waals surface area contributed by atoms with Crippen LogP contribution in [0, 0.1) is 19.8 Å². The van der Waals surface area contributed by atoms with Gasteiger partial charge in [0, 0.05) is 24.5 Å². The third-order valence-corrected chi connectivity index (χ3v) is 3.72. The number of rotatable bonds is 4. The molecule has 0 radical (unpaired) electrons. The maximum atomic E-state index is 9.88. The highest BCUT2D eigenvalue weighted by atomic mass is 16.3. The predicted molar refractivity (Wildman–Crippen MR) is 79.8 cm³/mol. The molecule has 0 atom stereocenters. The summed E-state index contributed by atoms with van der Waals surface area (Å²) in [5, 5.41) is 13.3. The van der Waals surface area contributed by atoms with E-state index in [4.69, 9.17) is 0 Å². The van der Waals surface area contributed by atoms with Gasteiger partial charge < -0.3 is 10.4 Å². The number of hydrogen-bond acceptors (Lipinski definition) is 4.